The molecule has 0 saturated carbocycles. The third-order valence-electron chi connectivity index (χ3n) is 3.41. The van der Waals surface area contributed by atoms with Gasteiger partial charge in [0.15, 0.2) is 0 Å². The highest BCUT2D eigenvalue weighted by Crippen LogP contribution is 2.17. The minimum Gasteiger partial charge on any atom is -0.369 e. The summed E-state index contributed by atoms with van der Waals surface area (Å²) in [6.45, 7) is 8.75. The summed E-state index contributed by atoms with van der Waals surface area (Å²) in [4.78, 5) is 11.5. The maximum atomic E-state index is 4.54. The molecule has 1 aliphatic heterocycles. The van der Waals surface area contributed by atoms with E-state index in [-0.39, 0.29) is 0 Å². The molecule has 1 aromatic heterocycles. The molecule has 106 valence electrons. The second kappa shape index (κ2) is 7.20. The fourth-order valence-corrected chi connectivity index (χ4v) is 2.71. The van der Waals surface area contributed by atoms with Crippen molar-refractivity contribution in [2.75, 3.05) is 31.5 Å². The summed E-state index contributed by atoms with van der Waals surface area (Å²) >= 11 is 3.45. The van der Waals surface area contributed by atoms with Crippen LogP contribution < -0.4 is 5.32 Å². The lowest BCUT2D eigenvalue weighted by Gasteiger charge is -2.26. The summed E-state index contributed by atoms with van der Waals surface area (Å²) in [7, 11) is 0. The fraction of sp³-hybridized carbons (Fsp3) is 0.714. The van der Waals surface area contributed by atoms with Crippen molar-refractivity contribution in [2.45, 2.75) is 39.0 Å². The number of aromatic nitrogens is 2. The molecule has 1 N–H and O–H groups in total. The minimum absolute atomic E-state index is 0.347. The molecule has 0 aliphatic carbocycles. The van der Waals surface area contributed by atoms with E-state index in [2.05, 4.69) is 50.0 Å². The Bertz CT molecular complexity index is 402. The Morgan fingerprint density at radius 2 is 2.00 bits per heavy atom. The number of hydrogen-bond donors (Lipinski definition) is 1. The maximum absolute atomic E-state index is 4.54. The van der Waals surface area contributed by atoms with E-state index in [0.29, 0.717) is 5.92 Å². The van der Waals surface area contributed by atoms with Crippen LogP contribution in [-0.2, 0) is 0 Å². The molecule has 0 aromatic carbocycles. The highest BCUT2D eigenvalue weighted by Gasteiger charge is 2.10. The van der Waals surface area contributed by atoms with Crippen LogP contribution in [0.2, 0.25) is 0 Å². The summed E-state index contributed by atoms with van der Waals surface area (Å²) in [6.07, 6.45) is 4.08. The molecule has 0 amide bonds. The summed E-state index contributed by atoms with van der Waals surface area (Å²) in [5.74, 6) is 2.15. The van der Waals surface area contributed by atoms with Gasteiger partial charge < -0.3 is 10.2 Å². The van der Waals surface area contributed by atoms with E-state index in [0.717, 1.165) is 29.3 Å². The van der Waals surface area contributed by atoms with Crippen LogP contribution in [0.3, 0.4) is 0 Å². The second-order valence-corrected chi connectivity index (χ2v) is 6.23. The van der Waals surface area contributed by atoms with Crippen molar-refractivity contribution in [3.8, 4) is 0 Å². The van der Waals surface area contributed by atoms with Gasteiger partial charge in [-0.1, -0.05) is 20.3 Å². The van der Waals surface area contributed by atoms with Crippen molar-refractivity contribution in [1.29, 1.82) is 0 Å². The zero-order valence-corrected chi connectivity index (χ0v) is 13.4. The number of nitrogens with zero attached hydrogens (tertiary/aromatic N) is 3. The number of likely N-dealkylation sites (tertiary alicyclic amines) is 1. The van der Waals surface area contributed by atoms with Crippen molar-refractivity contribution in [1.82, 2.24) is 14.9 Å². The molecule has 1 fully saturated rings. The smallest absolute Gasteiger partial charge is 0.134 e. The molecule has 19 heavy (non-hydrogen) atoms. The van der Waals surface area contributed by atoms with Gasteiger partial charge in [-0.05, 0) is 41.9 Å². The molecular formula is C14H23BrN4. The quantitative estimate of drug-likeness (QED) is 0.843. The Labute approximate surface area is 124 Å². The zero-order valence-electron chi connectivity index (χ0n) is 11.8. The summed E-state index contributed by atoms with van der Waals surface area (Å²) in [5, 5.41) is 3.41. The maximum Gasteiger partial charge on any atom is 0.134 e. The van der Waals surface area contributed by atoms with E-state index in [9.17, 15) is 0 Å². The lowest BCUT2D eigenvalue weighted by atomic mass is 10.1. The standard InChI is InChI=1S/C14H23BrN4/c1-11(2)14-17-12(15)10-13(18-14)16-6-9-19-7-4-3-5-8-19/h10-11H,3-9H2,1-2H3,(H,16,17,18). The van der Waals surface area contributed by atoms with Crippen molar-refractivity contribution in [2.24, 2.45) is 0 Å². The monoisotopic (exact) mass is 326 g/mol. The first kappa shape index (κ1) is 14.7. The molecular weight excluding hydrogens is 304 g/mol. The Balaban J connectivity index is 1.84. The first-order valence-electron chi connectivity index (χ1n) is 7.16. The molecule has 0 atom stereocenters. The van der Waals surface area contributed by atoms with Crippen molar-refractivity contribution < 1.29 is 0 Å². The van der Waals surface area contributed by atoms with Gasteiger partial charge in [0.25, 0.3) is 0 Å². The number of hydrogen-bond acceptors (Lipinski definition) is 4. The largest absolute Gasteiger partial charge is 0.369 e. The van der Waals surface area contributed by atoms with Gasteiger partial charge in [0.05, 0.1) is 0 Å². The van der Waals surface area contributed by atoms with E-state index in [1.54, 1.807) is 0 Å². The molecule has 0 radical (unpaired) electrons. The number of nitrogens with one attached hydrogen (secondary N) is 1. The van der Waals surface area contributed by atoms with Gasteiger partial charge >= 0.3 is 0 Å². The molecule has 0 unspecified atom stereocenters. The predicted octanol–water partition coefficient (Wildman–Crippen LogP) is 3.26. The molecule has 5 heteroatoms. The van der Waals surface area contributed by atoms with E-state index in [4.69, 9.17) is 0 Å². The van der Waals surface area contributed by atoms with Gasteiger partial charge in [0.2, 0.25) is 0 Å². The van der Waals surface area contributed by atoms with Crippen LogP contribution in [0.4, 0.5) is 5.82 Å². The van der Waals surface area contributed by atoms with Crippen molar-refractivity contribution >= 4 is 21.7 Å². The van der Waals surface area contributed by atoms with Gasteiger partial charge in [-0.3, -0.25) is 0 Å². The summed E-state index contributed by atoms with van der Waals surface area (Å²) in [6, 6.07) is 1.95. The Hall–Kier alpha value is -0.680. The van der Waals surface area contributed by atoms with Crippen LogP contribution in [-0.4, -0.2) is 41.0 Å². The normalized spacial score (nSPS) is 16.8. The molecule has 2 heterocycles. The molecule has 0 bridgehead atoms. The van der Waals surface area contributed by atoms with Crippen LogP contribution >= 0.6 is 15.9 Å². The molecule has 4 nitrogen and oxygen atoms in total. The molecule has 1 aliphatic rings. The Morgan fingerprint density at radius 3 is 2.68 bits per heavy atom. The molecule has 0 spiro atoms. The Kier molecular flexibility index (Phi) is 5.58. The first-order chi connectivity index (χ1) is 9.15. The van der Waals surface area contributed by atoms with E-state index >= 15 is 0 Å². The van der Waals surface area contributed by atoms with Crippen LogP contribution in [0, 0.1) is 0 Å². The van der Waals surface area contributed by atoms with E-state index in [1.807, 2.05) is 6.07 Å². The van der Waals surface area contributed by atoms with Crippen LogP contribution in [0.1, 0.15) is 44.9 Å². The van der Waals surface area contributed by atoms with Gasteiger partial charge in [0, 0.05) is 25.1 Å². The number of halogens is 1. The Morgan fingerprint density at radius 1 is 1.26 bits per heavy atom. The van der Waals surface area contributed by atoms with Crippen molar-refractivity contribution in [3.05, 3.63) is 16.5 Å². The number of piperidine rings is 1. The second-order valence-electron chi connectivity index (χ2n) is 5.42. The lowest BCUT2D eigenvalue weighted by Crippen LogP contribution is -2.33. The van der Waals surface area contributed by atoms with E-state index in [1.165, 1.54) is 32.4 Å². The van der Waals surface area contributed by atoms with Gasteiger partial charge in [0.1, 0.15) is 16.2 Å². The predicted molar refractivity (Wildman–Crippen MR) is 82.6 cm³/mol. The highest BCUT2D eigenvalue weighted by atomic mass is 79.9. The third kappa shape index (κ3) is 4.73. The third-order valence-corrected chi connectivity index (χ3v) is 3.82. The van der Waals surface area contributed by atoms with Crippen LogP contribution in [0.25, 0.3) is 0 Å². The molecule has 2 rings (SSSR count). The minimum atomic E-state index is 0.347. The van der Waals surface area contributed by atoms with Crippen LogP contribution in [0.5, 0.6) is 0 Å². The average molecular weight is 327 g/mol. The average Bonchev–Trinajstić information content (AvgIpc) is 2.39. The highest BCUT2D eigenvalue weighted by molar-refractivity contribution is 9.10. The topological polar surface area (TPSA) is 41.1 Å². The van der Waals surface area contributed by atoms with Gasteiger partial charge in [-0.15, -0.1) is 0 Å². The van der Waals surface area contributed by atoms with Crippen molar-refractivity contribution in [3.63, 3.8) is 0 Å². The molecule has 1 aromatic rings. The zero-order chi connectivity index (χ0) is 13.7. The lowest BCUT2D eigenvalue weighted by molar-refractivity contribution is 0.237. The van der Waals surface area contributed by atoms with E-state index < -0.39 is 0 Å². The fourth-order valence-electron chi connectivity index (χ4n) is 2.31. The van der Waals surface area contributed by atoms with Gasteiger partial charge in [-0.25, -0.2) is 9.97 Å². The number of rotatable bonds is 5. The molecule has 1 saturated heterocycles. The van der Waals surface area contributed by atoms with Gasteiger partial charge in [-0.2, -0.15) is 0 Å². The number of anilines is 1. The first-order valence-corrected chi connectivity index (χ1v) is 7.95. The summed E-state index contributed by atoms with van der Waals surface area (Å²) in [5.41, 5.74) is 0. The SMILES string of the molecule is CC(C)c1nc(Br)cc(NCCN2CCCCC2)n1. The summed E-state index contributed by atoms with van der Waals surface area (Å²) < 4.78 is 0.853. The van der Waals surface area contributed by atoms with Crippen LogP contribution in [0.15, 0.2) is 10.7 Å².